The number of pyridine rings is 1. The lowest BCUT2D eigenvalue weighted by Gasteiger charge is -2.33. The number of nitrogens with one attached hydrogen (secondary N) is 1. The molecule has 2 heterocycles. The molecular formula is C16H27N3O. The minimum absolute atomic E-state index is 0.452. The number of ether oxygens (including phenoxy) is 1. The molecule has 0 amide bonds. The van der Waals surface area contributed by atoms with Gasteiger partial charge in [0.05, 0.1) is 6.61 Å². The number of rotatable bonds is 7. The van der Waals surface area contributed by atoms with Gasteiger partial charge in [0.2, 0.25) is 0 Å². The van der Waals surface area contributed by atoms with Crippen molar-refractivity contribution < 1.29 is 4.74 Å². The molecule has 0 unspecified atom stereocenters. The summed E-state index contributed by atoms with van der Waals surface area (Å²) in [6.45, 7) is 6.54. The molecule has 20 heavy (non-hydrogen) atoms. The lowest BCUT2D eigenvalue weighted by Crippen LogP contribution is -2.46. The fourth-order valence-corrected chi connectivity index (χ4v) is 2.86. The monoisotopic (exact) mass is 277 g/mol. The predicted molar refractivity (Wildman–Crippen MR) is 81.9 cm³/mol. The van der Waals surface area contributed by atoms with Crippen LogP contribution in [0.2, 0.25) is 0 Å². The number of piperidine rings is 1. The van der Waals surface area contributed by atoms with Crippen molar-refractivity contribution in [1.82, 2.24) is 15.2 Å². The summed E-state index contributed by atoms with van der Waals surface area (Å²) in [7, 11) is 1.76. The molecule has 1 aromatic rings. The van der Waals surface area contributed by atoms with Gasteiger partial charge in [-0.15, -0.1) is 0 Å². The van der Waals surface area contributed by atoms with E-state index in [9.17, 15) is 0 Å². The standard InChI is InChI=1S/C16H27N3O/c1-14(13-20-2)18-16-6-11-19(12-7-16)10-5-15-3-8-17-9-4-15/h3-4,8-9,14,16,18H,5-7,10-13H2,1-2H3/t14-/m0/s1. The summed E-state index contributed by atoms with van der Waals surface area (Å²) >= 11 is 0. The first-order valence-corrected chi connectivity index (χ1v) is 7.64. The molecule has 0 aliphatic carbocycles. The van der Waals surface area contributed by atoms with Gasteiger partial charge >= 0.3 is 0 Å². The number of hydrogen-bond donors (Lipinski definition) is 1. The minimum Gasteiger partial charge on any atom is -0.383 e. The zero-order chi connectivity index (χ0) is 14.2. The summed E-state index contributed by atoms with van der Waals surface area (Å²) in [5, 5.41) is 3.65. The second-order valence-corrected chi connectivity index (χ2v) is 5.74. The highest BCUT2D eigenvalue weighted by Gasteiger charge is 2.19. The third-order valence-electron chi connectivity index (χ3n) is 3.99. The number of nitrogens with zero attached hydrogens (tertiary/aromatic N) is 2. The van der Waals surface area contributed by atoms with E-state index in [1.165, 1.54) is 31.5 Å². The first-order valence-electron chi connectivity index (χ1n) is 7.64. The number of methoxy groups -OCH3 is 1. The lowest BCUT2D eigenvalue weighted by molar-refractivity contribution is 0.147. The molecule has 0 bridgehead atoms. The van der Waals surface area contributed by atoms with Gasteiger partial charge < -0.3 is 15.0 Å². The Kier molecular flexibility index (Phi) is 6.43. The van der Waals surface area contributed by atoms with Gasteiger partial charge in [0.1, 0.15) is 0 Å². The quantitative estimate of drug-likeness (QED) is 0.823. The number of aromatic nitrogens is 1. The SMILES string of the molecule is COC[C@H](C)NC1CCN(CCc2ccncc2)CC1. The molecule has 0 saturated carbocycles. The molecule has 4 nitrogen and oxygen atoms in total. The highest BCUT2D eigenvalue weighted by molar-refractivity contribution is 5.09. The third kappa shape index (κ3) is 5.19. The van der Waals surface area contributed by atoms with Gasteiger partial charge in [-0.25, -0.2) is 0 Å². The molecule has 112 valence electrons. The van der Waals surface area contributed by atoms with Crippen molar-refractivity contribution in [3.63, 3.8) is 0 Å². The molecule has 1 saturated heterocycles. The molecule has 1 aliphatic rings. The Morgan fingerprint density at radius 1 is 1.35 bits per heavy atom. The van der Waals surface area contributed by atoms with Crippen molar-refractivity contribution >= 4 is 0 Å². The van der Waals surface area contributed by atoms with E-state index < -0.39 is 0 Å². The number of hydrogen-bond acceptors (Lipinski definition) is 4. The zero-order valence-electron chi connectivity index (χ0n) is 12.7. The van der Waals surface area contributed by atoms with Crippen LogP contribution in [0.25, 0.3) is 0 Å². The van der Waals surface area contributed by atoms with E-state index in [2.05, 4.69) is 34.3 Å². The summed E-state index contributed by atoms with van der Waals surface area (Å²) in [5.74, 6) is 0. The van der Waals surface area contributed by atoms with E-state index in [1.807, 2.05) is 12.4 Å². The smallest absolute Gasteiger partial charge is 0.0613 e. The molecule has 4 heteroatoms. The Balaban J connectivity index is 1.64. The van der Waals surface area contributed by atoms with Crippen molar-refractivity contribution in [2.75, 3.05) is 33.4 Å². The van der Waals surface area contributed by atoms with Gasteiger partial charge in [-0.2, -0.15) is 0 Å². The lowest BCUT2D eigenvalue weighted by atomic mass is 10.0. The summed E-state index contributed by atoms with van der Waals surface area (Å²) in [6, 6.07) is 5.33. The Hall–Kier alpha value is -0.970. The molecule has 1 aromatic heterocycles. The van der Waals surface area contributed by atoms with Crippen molar-refractivity contribution in [1.29, 1.82) is 0 Å². The van der Waals surface area contributed by atoms with Crippen LogP contribution in [0.4, 0.5) is 0 Å². The van der Waals surface area contributed by atoms with Crippen molar-refractivity contribution in [2.45, 2.75) is 38.3 Å². The molecule has 0 spiro atoms. The van der Waals surface area contributed by atoms with Gasteiger partial charge in [-0.1, -0.05) is 0 Å². The summed E-state index contributed by atoms with van der Waals surface area (Å²) < 4.78 is 5.18. The molecular weight excluding hydrogens is 250 g/mol. The van der Waals surface area contributed by atoms with E-state index in [1.54, 1.807) is 7.11 Å². The van der Waals surface area contributed by atoms with Crippen LogP contribution < -0.4 is 5.32 Å². The van der Waals surface area contributed by atoms with Crippen LogP contribution in [0.3, 0.4) is 0 Å². The molecule has 0 radical (unpaired) electrons. The summed E-state index contributed by atoms with van der Waals surface area (Å²) in [4.78, 5) is 6.63. The van der Waals surface area contributed by atoms with Crippen LogP contribution in [0.5, 0.6) is 0 Å². The minimum atomic E-state index is 0.452. The predicted octanol–water partition coefficient (Wildman–Crippen LogP) is 1.71. The summed E-state index contributed by atoms with van der Waals surface area (Å²) in [6.07, 6.45) is 7.36. The first kappa shape index (κ1) is 15.4. The summed E-state index contributed by atoms with van der Waals surface area (Å²) in [5.41, 5.74) is 1.38. The second-order valence-electron chi connectivity index (χ2n) is 5.74. The van der Waals surface area contributed by atoms with E-state index in [0.29, 0.717) is 12.1 Å². The first-order chi connectivity index (χ1) is 9.78. The average Bonchev–Trinajstić information content (AvgIpc) is 2.48. The Bertz CT molecular complexity index is 363. The van der Waals surface area contributed by atoms with Crippen molar-refractivity contribution in [3.8, 4) is 0 Å². The van der Waals surface area contributed by atoms with E-state index in [0.717, 1.165) is 19.6 Å². The van der Waals surface area contributed by atoms with E-state index in [-0.39, 0.29) is 0 Å². The van der Waals surface area contributed by atoms with Crippen molar-refractivity contribution in [2.24, 2.45) is 0 Å². The fourth-order valence-electron chi connectivity index (χ4n) is 2.86. The fraction of sp³-hybridized carbons (Fsp3) is 0.688. The maximum Gasteiger partial charge on any atom is 0.0613 e. The van der Waals surface area contributed by atoms with Gasteiger partial charge in [0, 0.05) is 38.1 Å². The molecule has 1 fully saturated rings. The maximum atomic E-state index is 5.18. The molecule has 0 aromatic carbocycles. The second kappa shape index (κ2) is 8.35. The van der Waals surface area contributed by atoms with Gasteiger partial charge in [0.25, 0.3) is 0 Å². The molecule has 1 aliphatic heterocycles. The third-order valence-corrected chi connectivity index (χ3v) is 3.99. The highest BCUT2D eigenvalue weighted by atomic mass is 16.5. The molecule has 1 N–H and O–H groups in total. The van der Waals surface area contributed by atoms with Crippen LogP contribution in [-0.4, -0.2) is 55.3 Å². The topological polar surface area (TPSA) is 37.4 Å². The van der Waals surface area contributed by atoms with Crippen LogP contribution >= 0.6 is 0 Å². The van der Waals surface area contributed by atoms with E-state index >= 15 is 0 Å². The Morgan fingerprint density at radius 2 is 2.05 bits per heavy atom. The maximum absolute atomic E-state index is 5.18. The Morgan fingerprint density at radius 3 is 2.70 bits per heavy atom. The van der Waals surface area contributed by atoms with Gasteiger partial charge in [-0.3, -0.25) is 4.98 Å². The number of likely N-dealkylation sites (tertiary alicyclic amines) is 1. The normalized spacial score (nSPS) is 19.1. The molecule has 2 rings (SSSR count). The van der Waals surface area contributed by atoms with Crippen LogP contribution in [-0.2, 0) is 11.2 Å². The van der Waals surface area contributed by atoms with E-state index in [4.69, 9.17) is 4.74 Å². The van der Waals surface area contributed by atoms with Gasteiger partial charge in [0.15, 0.2) is 0 Å². The van der Waals surface area contributed by atoms with Crippen LogP contribution in [0.15, 0.2) is 24.5 Å². The van der Waals surface area contributed by atoms with Crippen LogP contribution in [0.1, 0.15) is 25.3 Å². The van der Waals surface area contributed by atoms with Crippen LogP contribution in [0, 0.1) is 0 Å². The Labute approximate surface area is 122 Å². The van der Waals surface area contributed by atoms with Crippen molar-refractivity contribution in [3.05, 3.63) is 30.1 Å². The highest BCUT2D eigenvalue weighted by Crippen LogP contribution is 2.12. The largest absolute Gasteiger partial charge is 0.383 e. The van der Waals surface area contributed by atoms with Gasteiger partial charge in [-0.05, 0) is 57.0 Å². The molecule has 1 atom stereocenters. The zero-order valence-corrected chi connectivity index (χ0v) is 12.7. The average molecular weight is 277 g/mol.